The molecule has 0 saturated carbocycles. The van der Waals surface area contributed by atoms with E-state index >= 15 is 0 Å². The summed E-state index contributed by atoms with van der Waals surface area (Å²) in [6.07, 6.45) is 1.23. The van der Waals surface area contributed by atoms with E-state index in [1.54, 1.807) is 4.90 Å². The summed E-state index contributed by atoms with van der Waals surface area (Å²) in [7, 11) is 0. The maximum absolute atomic E-state index is 13.9. The average Bonchev–Trinajstić information content (AvgIpc) is 2.79. The summed E-state index contributed by atoms with van der Waals surface area (Å²) in [5.74, 6) is -0.254. The van der Waals surface area contributed by atoms with Crippen molar-refractivity contribution in [3.8, 4) is 5.75 Å². The van der Waals surface area contributed by atoms with Gasteiger partial charge in [-0.25, -0.2) is 9.18 Å². The molecule has 0 N–H and O–H groups in total. The van der Waals surface area contributed by atoms with Gasteiger partial charge < -0.3 is 4.74 Å². The molecule has 3 amide bonds. The van der Waals surface area contributed by atoms with Crippen LogP contribution in [0.1, 0.15) is 47.8 Å². The lowest BCUT2D eigenvalue weighted by atomic mass is 9.88. The molecule has 0 aliphatic carbocycles. The molecule has 5 rings (SSSR count). The van der Waals surface area contributed by atoms with Crippen LogP contribution in [0.2, 0.25) is 0 Å². The number of halogens is 1. The summed E-state index contributed by atoms with van der Waals surface area (Å²) in [5, 5.41) is 0. The van der Waals surface area contributed by atoms with Gasteiger partial charge in [0.1, 0.15) is 11.6 Å². The second-order valence-corrected chi connectivity index (χ2v) is 8.36. The number of carbonyl (C=O) groups excluding carboxylic acids is 2. The molecule has 162 valence electrons. The Kier molecular flexibility index (Phi) is 4.73. The van der Waals surface area contributed by atoms with Gasteiger partial charge >= 0.3 is 6.03 Å². The van der Waals surface area contributed by atoms with Crippen LogP contribution in [0.15, 0.2) is 72.8 Å². The second-order valence-electron chi connectivity index (χ2n) is 8.36. The largest absolute Gasteiger partial charge is 0.467 e. The quantitative estimate of drug-likeness (QED) is 0.535. The van der Waals surface area contributed by atoms with E-state index in [9.17, 15) is 14.0 Å². The highest BCUT2D eigenvalue weighted by molar-refractivity contribution is 6.10. The molecule has 0 radical (unpaired) electrons. The lowest BCUT2D eigenvalue weighted by Crippen LogP contribution is -2.67. The van der Waals surface area contributed by atoms with Crippen LogP contribution in [-0.4, -0.2) is 22.6 Å². The van der Waals surface area contributed by atoms with Crippen LogP contribution in [-0.2, 0) is 6.42 Å². The van der Waals surface area contributed by atoms with E-state index in [1.807, 2.05) is 62.4 Å². The summed E-state index contributed by atoms with van der Waals surface area (Å²) in [4.78, 5) is 30.3. The number of amides is 3. The molecule has 2 atom stereocenters. The van der Waals surface area contributed by atoms with E-state index in [0.717, 1.165) is 17.5 Å². The van der Waals surface area contributed by atoms with Crippen molar-refractivity contribution in [3.63, 3.8) is 0 Å². The summed E-state index contributed by atoms with van der Waals surface area (Å²) >= 11 is 0. The average molecular weight is 430 g/mol. The number of rotatable bonds is 3. The maximum Gasteiger partial charge on any atom is 0.335 e. The molecule has 0 unspecified atom stereocenters. The van der Waals surface area contributed by atoms with Gasteiger partial charge in [0.2, 0.25) is 0 Å². The predicted molar refractivity (Wildman–Crippen MR) is 119 cm³/mol. The SMILES string of the molecule is CCc1cccc(N2C(=O)N(C(=O)c3ccc(F)cc3)[C@H]3C[C@]2(C)Oc2ccccc23)c1. The molecular formula is C26H23FN2O3. The van der Waals surface area contributed by atoms with Crippen LogP contribution in [0, 0.1) is 5.82 Å². The highest BCUT2D eigenvalue weighted by Gasteiger charge is 2.55. The van der Waals surface area contributed by atoms with Crippen molar-refractivity contribution in [1.82, 2.24) is 4.90 Å². The van der Waals surface area contributed by atoms with Crippen molar-refractivity contribution in [3.05, 3.63) is 95.3 Å². The minimum atomic E-state index is -0.956. The number of urea groups is 1. The Balaban J connectivity index is 1.66. The minimum Gasteiger partial charge on any atom is -0.467 e. The van der Waals surface area contributed by atoms with E-state index in [4.69, 9.17) is 4.74 Å². The second kappa shape index (κ2) is 7.48. The highest BCUT2D eigenvalue weighted by atomic mass is 19.1. The number of hydrogen-bond donors (Lipinski definition) is 0. The summed E-state index contributed by atoms with van der Waals surface area (Å²) in [6.45, 7) is 3.93. The fourth-order valence-electron chi connectivity index (χ4n) is 4.67. The standard InChI is InChI=1S/C26H23FN2O3/c1-3-17-7-6-8-20(15-17)29-25(31)28(24(30)18-11-13-19(27)14-12-18)22-16-26(29,2)32-23-10-5-4-9-21(22)23/h4-15,22H,3,16H2,1-2H3/t22-,26-/m0/s1. The third-order valence-corrected chi connectivity index (χ3v) is 6.25. The highest BCUT2D eigenvalue weighted by Crippen LogP contribution is 2.49. The Morgan fingerprint density at radius 1 is 1.09 bits per heavy atom. The van der Waals surface area contributed by atoms with E-state index in [1.165, 1.54) is 29.2 Å². The number of imide groups is 1. The zero-order chi connectivity index (χ0) is 22.5. The van der Waals surface area contributed by atoms with Crippen molar-refractivity contribution in [1.29, 1.82) is 0 Å². The summed E-state index contributed by atoms with van der Waals surface area (Å²) in [6, 6.07) is 19.5. The number of ether oxygens (including phenoxy) is 1. The van der Waals surface area contributed by atoms with E-state index in [-0.39, 0.29) is 5.56 Å². The lowest BCUT2D eigenvalue weighted by Gasteiger charge is -2.53. The third kappa shape index (κ3) is 3.14. The number of para-hydroxylation sites is 1. The van der Waals surface area contributed by atoms with Gasteiger partial charge in [-0.1, -0.05) is 37.3 Å². The topological polar surface area (TPSA) is 49.9 Å². The molecular weight excluding hydrogens is 407 g/mol. The molecule has 3 aromatic rings. The number of hydrogen-bond acceptors (Lipinski definition) is 3. The molecule has 0 spiro atoms. The molecule has 2 heterocycles. The van der Waals surface area contributed by atoms with Crippen LogP contribution < -0.4 is 9.64 Å². The van der Waals surface area contributed by atoms with Crippen molar-refractivity contribution in [2.24, 2.45) is 0 Å². The Morgan fingerprint density at radius 2 is 1.84 bits per heavy atom. The molecule has 32 heavy (non-hydrogen) atoms. The molecule has 1 fully saturated rings. The Morgan fingerprint density at radius 3 is 2.59 bits per heavy atom. The van der Waals surface area contributed by atoms with E-state index < -0.39 is 29.5 Å². The van der Waals surface area contributed by atoms with Crippen LogP contribution in [0.25, 0.3) is 0 Å². The predicted octanol–water partition coefficient (Wildman–Crippen LogP) is 5.71. The summed E-state index contributed by atoms with van der Waals surface area (Å²) in [5.41, 5.74) is 1.84. The fourth-order valence-corrected chi connectivity index (χ4v) is 4.67. The van der Waals surface area contributed by atoms with Gasteiger partial charge in [0.15, 0.2) is 5.72 Å². The van der Waals surface area contributed by atoms with Crippen molar-refractivity contribution >= 4 is 17.6 Å². The molecule has 1 saturated heterocycles. The summed E-state index contributed by atoms with van der Waals surface area (Å²) < 4.78 is 19.8. The van der Waals surface area contributed by atoms with Crippen LogP contribution >= 0.6 is 0 Å². The number of fused-ring (bicyclic) bond motifs is 4. The zero-order valence-corrected chi connectivity index (χ0v) is 17.9. The molecule has 6 heteroatoms. The first-order valence-electron chi connectivity index (χ1n) is 10.7. The molecule has 0 aromatic heterocycles. The van der Waals surface area contributed by atoms with Gasteiger partial charge in [-0.15, -0.1) is 0 Å². The van der Waals surface area contributed by atoms with Crippen molar-refractivity contribution in [2.75, 3.05) is 4.90 Å². The van der Waals surface area contributed by atoms with Gasteiger partial charge in [0.05, 0.1) is 6.04 Å². The monoisotopic (exact) mass is 430 g/mol. The normalized spacial score (nSPS) is 21.7. The molecule has 5 nitrogen and oxygen atoms in total. The Labute approximate surface area is 186 Å². The van der Waals surface area contributed by atoms with E-state index in [2.05, 4.69) is 0 Å². The fraction of sp³-hybridized carbons (Fsp3) is 0.231. The van der Waals surface area contributed by atoms with E-state index in [0.29, 0.717) is 17.9 Å². The van der Waals surface area contributed by atoms with Crippen molar-refractivity contribution in [2.45, 2.75) is 38.5 Å². The molecule has 2 bridgehead atoms. The van der Waals surface area contributed by atoms with Crippen LogP contribution in [0.4, 0.5) is 14.9 Å². The first-order chi connectivity index (χ1) is 15.4. The Bertz CT molecular complexity index is 1210. The smallest absolute Gasteiger partial charge is 0.335 e. The molecule has 2 aliphatic rings. The third-order valence-electron chi connectivity index (χ3n) is 6.25. The van der Waals surface area contributed by atoms with Gasteiger partial charge in [-0.3, -0.25) is 14.6 Å². The van der Waals surface area contributed by atoms with Gasteiger partial charge in [-0.2, -0.15) is 0 Å². The number of aryl methyl sites for hydroxylation is 1. The van der Waals surface area contributed by atoms with Crippen molar-refractivity contribution < 1.29 is 18.7 Å². The Hall–Kier alpha value is -3.67. The van der Waals surface area contributed by atoms with Gasteiger partial charge in [-0.05, 0) is 61.4 Å². The first kappa shape index (κ1) is 20.2. The molecule has 3 aromatic carbocycles. The molecule has 2 aliphatic heterocycles. The number of carbonyl (C=O) groups is 2. The number of anilines is 1. The lowest BCUT2D eigenvalue weighted by molar-refractivity contribution is 0.00268. The minimum absolute atomic E-state index is 0.259. The zero-order valence-electron chi connectivity index (χ0n) is 17.9. The van der Waals surface area contributed by atoms with Crippen LogP contribution in [0.3, 0.4) is 0 Å². The number of nitrogens with zero attached hydrogens (tertiary/aromatic N) is 2. The van der Waals surface area contributed by atoms with Crippen LogP contribution in [0.5, 0.6) is 5.75 Å². The van der Waals surface area contributed by atoms with Gasteiger partial charge in [0, 0.05) is 23.2 Å². The number of benzene rings is 3. The first-order valence-corrected chi connectivity index (χ1v) is 10.7. The maximum atomic E-state index is 13.9. The van der Waals surface area contributed by atoms with Gasteiger partial charge in [0.25, 0.3) is 5.91 Å².